The molecule has 2 amide bonds. The van der Waals surface area contributed by atoms with Crippen LogP contribution in [0.15, 0.2) is 24.5 Å². The molecule has 0 radical (unpaired) electrons. The van der Waals surface area contributed by atoms with E-state index < -0.39 is 0 Å². The molecular formula is C22H29N7O4. The van der Waals surface area contributed by atoms with Crippen molar-refractivity contribution in [2.24, 2.45) is 0 Å². The summed E-state index contributed by atoms with van der Waals surface area (Å²) in [7, 11) is 0. The molecule has 3 aliphatic rings. The molecule has 2 aromatic rings. The van der Waals surface area contributed by atoms with Gasteiger partial charge in [-0.25, -0.2) is 9.67 Å². The Labute approximate surface area is 192 Å². The highest BCUT2D eigenvalue weighted by Gasteiger charge is 2.37. The lowest BCUT2D eigenvalue weighted by Gasteiger charge is -2.28. The number of fused-ring (bicyclic) bond motifs is 4. The zero-order valence-corrected chi connectivity index (χ0v) is 18.6. The van der Waals surface area contributed by atoms with Gasteiger partial charge in [-0.2, -0.15) is 0 Å². The van der Waals surface area contributed by atoms with Crippen molar-refractivity contribution in [2.75, 3.05) is 39.3 Å². The van der Waals surface area contributed by atoms with Crippen LogP contribution in [-0.2, 0) is 22.7 Å². The maximum Gasteiger partial charge on any atom is 0.274 e. The Morgan fingerprint density at radius 1 is 1.18 bits per heavy atom. The number of likely N-dealkylation sites (tertiary alicyclic amines) is 2. The lowest BCUT2D eigenvalue weighted by atomic mass is 10.1. The van der Waals surface area contributed by atoms with Crippen molar-refractivity contribution >= 4 is 11.8 Å². The van der Waals surface area contributed by atoms with Crippen LogP contribution in [0.3, 0.4) is 0 Å². The van der Waals surface area contributed by atoms with Gasteiger partial charge < -0.3 is 19.7 Å². The maximum absolute atomic E-state index is 13.1. The first-order valence-corrected chi connectivity index (χ1v) is 11.5. The lowest BCUT2D eigenvalue weighted by molar-refractivity contribution is -0.133. The molecule has 1 N–H and O–H groups in total. The van der Waals surface area contributed by atoms with Crippen LogP contribution in [0.2, 0.25) is 0 Å². The number of carbonyl (C=O) groups is 2. The minimum absolute atomic E-state index is 0.134. The smallest absolute Gasteiger partial charge is 0.274 e. The number of amides is 2. The molecule has 11 heteroatoms. The van der Waals surface area contributed by atoms with Crippen LogP contribution in [0.4, 0.5) is 0 Å². The second-order valence-electron chi connectivity index (χ2n) is 8.74. The fraction of sp³-hybridized carbons (Fsp3) is 0.591. The monoisotopic (exact) mass is 455 g/mol. The van der Waals surface area contributed by atoms with Crippen molar-refractivity contribution < 1.29 is 19.1 Å². The molecule has 33 heavy (non-hydrogen) atoms. The summed E-state index contributed by atoms with van der Waals surface area (Å²) >= 11 is 0. The first-order valence-electron chi connectivity index (χ1n) is 11.5. The summed E-state index contributed by atoms with van der Waals surface area (Å²) < 4.78 is 13.7. The normalized spacial score (nSPS) is 24.2. The van der Waals surface area contributed by atoms with Gasteiger partial charge in [0.1, 0.15) is 12.3 Å². The van der Waals surface area contributed by atoms with E-state index in [0.29, 0.717) is 44.2 Å². The number of rotatable bonds is 2. The molecule has 0 saturated carbocycles. The predicted octanol–water partition coefficient (Wildman–Crippen LogP) is 0.0774. The molecule has 5 heterocycles. The van der Waals surface area contributed by atoms with Crippen molar-refractivity contribution in [3.63, 3.8) is 0 Å². The number of nitrogens with one attached hydrogen (secondary N) is 1. The summed E-state index contributed by atoms with van der Waals surface area (Å²) in [5.74, 6) is 0.233. The third-order valence-corrected chi connectivity index (χ3v) is 6.32. The van der Waals surface area contributed by atoms with Crippen molar-refractivity contribution in [1.29, 1.82) is 0 Å². The van der Waals surface area contributed by atoms with Crippen LogP contribution in [0.1, 0.15) is 35.4 Å². The third kappa shape index (κ3) is 5.14. The third-order valence-electron chi connectivity index (χ3n) is 6.32. The van der Waals surface area contributed by atoms with E-state index in [0.717, 1.165) is 25.9 Å². The Bertz CT molecular complexity index is 991. The SMILES string of the molecule is O=C1N[C@H]2CN(CC(=O)N3CCCCC3)C[C@@H]2OCc2cn(nn2)CCOc2cccnc21. The van der Waals surface area contributed by atoms with Crippen LogP contribution in [0.25, 0.3) is 0 Å². The molecule has 0 spiro atoms. The van der Waals surface area contributed by atoms with Gasteiger partial charge in [-0.1, -0.05) is 5.21 Å². The summed E-state index contributed by atoms with van der Waals surface area (Å²) in [5.41, 5.74) is 0.942. The molecule has 0 unspecified atom stereocenters. The lowest BCUT2D eigenvalue weighted by Crippen LogP contribution is -2.45. The summed E-state index contributed by atoms with van der Waals surface area (Å²) in [6.07, 6.45) is 6.42. The fourth-order valence-corrected chi connectivity index (χ4v) is 4.59. The summed E-state index contributed by atoms with van der Waals surface area (Å²) in [6, 6.07) is 3.17. The van der Waals surface area contributed by atoms with Gasteiger partial charge in [-0.3, -0.25) is 14.5 Å². The molecule has 2 atom stereocenters. The zero-order chi connectivity index (χ0) is 22.6. The number of piperidine rings is 1. The molecule has 2 saturated heterocycles. The van der Waals surface area contributed by atoms with Crippen LogP contribution in [0.5, 0.6) is 5.75 Å². The molecule has 5 rings (SSSR count). The van der Waals surface area contributed by atoms with Crippen molar-refractivity contribution in [3.8, 4) is 5.75 Å². The number of pyridine rings is 1. The number of hydrogen-bond donors (Lipinski definition) is 1. The molecule has 176 valence electrons. The van der Waals surface area contributed by atoms with Gasteiger partial charge in [-0.15, -0.1) is 5.10 Å². The molecule has 2 fully saturated rings. The Hall–Kier alpha value is -3.05. The number of carbonyl (C=O) groups excluding carboxylic acids is 2. The van der Waals surface area contributed by atoms with Gasteiger partial charge >= 0.3 is 0 Å². The topological polar surface area (TPSA) is 115 Å². The van der Waals surface area contributed by atoms with Crippen molar-refractivity contribution in [1.82, 2.24) is 35.1 Å². The number of nitrogens with zero attached hydrogens (tertiary/aromatic N) is 6. The highest BCUT2D eigenvalue weighted by atomic mass is 16.5. The molecule has 0 aliphatic carbocycles. The molecular weight excluding hydrogens is 426 g/mol. The van der Waals surface area contributed by atoms with E-state index in [1.54, 1.807) is 23.0 Å². The van der Waals surface area contributed by atoms with E-state index in [2.05, 4.69) is 25.5 Å². The highest BCUT2D eigenvalue weighted by Crippen LogP contribution is 2.20. The molecule has 3 aliphatic heterocycles. The Kier molecular flexibility index (Phi) is 6.49. The van der Waals surface area contributed by atoms with Crippen LogP contribution in [-0.4, -0.2) is 93.1 Å². The second kappa shape index (κ2) is 9.84. The van der Waals surface area contributed by atoms with Crippen LogP contribution in [0, 0.1) is 0 Å². The molecule has 11 nitrogen and oxygen atoms in total. The van der Waals surface area contributed by atoms with E-state index in [-0.39, 0.29) is 36.3 Å². The standard InChI is InChI=1S/C22H29N7O4/c30-20(28-7-2-1-3-8-28)14-27-12-17-19(13-27)33-15-16-11-29(26-25-16)9-10-32-18-5-4-6-23-21(18)22(31)24-17/h4-6,11,17,19H,1-3,7-10,12-15H2,(H,24,31)/t17-,19-/m0/s1. The molecule has 0 aromatic carbocycles. The van der Waals surface area contributed by atoms with E-state index >= 15 is 0 Å². The average Bonchev–Trinajstić information content (AvgIpc) is 3.44. The Morgan fingerprint density at radius 2 is 2.06 bits per heavy atom. The van der Waals surface area contributed by atoms with E-state index in [4.69, 9.17) is 9.47 Å². The first kappa shape index (κ1) is 21.8. The minimum atomic E-state index is -0.317. The summed E-state index contributed by atoms with van der Waals surface area (Å²) in [6.45, 7) is 4.13. The first-order chi connectivity index (χ1) is 16.2. The van der Waals surface area contributed by atoms with Gasteiger partial charge in [0, 0.05) is 32.4 Å². The van der Waals surface area contributed by atoms with Gasteiger partial charge in [0.2, 0.25) is 5.91 Å². The summed E-state index contributed by atoms with van der Waals surface area (Å²) in [5, 5.41) is 11.3. The number of aromatic nitrogens is 4. The van der Waals surface area contributed by atoms with Crippen molar-refractivity contribution in [3.05, 3.63) is 35.9 Å². The fourth-order valence-electron chi connectivity index (χ4n) is 4.59. The van der Waals surface area contributed by atoms with Crippen LogP contribution < -0.4 is 10.1 Å². The van der Waals surface area contributed by atoms with Gasteiger partial charge in [0.25, 0.3) is 5.91 Å². The van der Waals surface area contributed by atoms with Gasteiger partial charge in [0.15, 0.2) is 11.4 Å². The van der Waals surface area contributed by atoms with E-state index in [1.807, 2.05) is 11.1 Å². The zero-order valence-electron chi connectivity index (χ0n) is 18.6. The van der Waals surface area contributed by atoms with Gasteiger partial charge in [0.05, 0.1) is 38.0 Å². The molecule has 2 bridgehead atoms. The highest BCUT2D eigenvalue weighted by molar-refractivity contribution is 5.95. The number of ether oxygens (including phenoxy) is 2. The van der Waals surface area contributed by atoms with Crippen molar-refractivity contribution in [2.45, 2.75) is 44.6 Å². The maximum atomic E-state index is 13.1. The Balaban J connectivity index is 1.33. The Morgan fingerprint density at radius 3 is 2.94 bits per heavy atom. The quantitative estimate of drug-likeness (QED) is 0.677. The van der Waals surface area contributed by atoms with E-state index in [1.165, 1.54) is 6.42 Å². The van der Waals surface area contributed by atoms with Gasteiger partial charge in [-0.05, 0) is 31.4 Å². The second-order valence-corrected chi connectivity index (χ2v) is 8.74. The number of hydrogen-bond acceptors (Lipinski definition) is 8. The largest absolute Gasteiger partial charge is 0.489 e. The molecule has 2 aromatic heterocycles. The minimum Gasteiger partial charge on any atom is -0.489 e. The predicted molar refractivity (Wildman–Crippen MR) is 116 cm³/mol. The summed E-state index contributed by atoms with van der Waals surface area (Å²) in [4.78, 5) is 34.1. The average molecular weight is 456 g/mol. The van der Waals surface area contributed by atoms with Crippen LogP contribution >= 0.6 is 0 Å². The van der Waals surface area contributed by atoms with E-state index in [9.17, 15) is 9.59 Å².